The highest BCUT2D eigenvalue weighted by molar-refractivity contribution is 5.78. The molecule has 3 aliphatic rings. The first kappa shape index (κ1) is 12.4. The third-order valence-electron chi connectivity index (χ3n) is 4.50. The smallest absolute Gasteiger partial charge is 0.249 e. The highest BCUT2D eigenvalue weighted by atomic mass is 16.7. The van der Waals surface area contributed by atoms with Crippen molar-refractivity contribution in [2.75, 3.05) is 26.4 Å². The maximum absolute atomic E-state index is 12.3. The summed E-state index contributed by atoms with van der Waals surface area (Å²) in [5.41, 5.74) is 0. The molecule has 3 rings (SSSR count). The molecule has 0 aromatic carbocycles. The molecule has 18 heavy (non-hydrogen) atoms. The van der Waals surface area contributed by atoms with E-state index in [2.05, 4.69) is 0 Å². The molecule has 5 heteroatoms. The fourth-order valence-corrected chi connectivity index (χ4v) is 3.42. The summed E-state index contributed by atoms with van der Waals surface area (Å²) in [5, 5.41) is 10.8. The minimum Gasteiger partial charge on any atom is -0.389 e. The van der Waals surface area contributed by atoms with Crippen LogP contribution in [0.4, 0.5) is 0 Å². The molecule has 1 aliphatic carbocycles. The number of hydrogen-bond acceptors (Lipinski definition) is 4. The fraction of sp³-hybridized carbons (Fsp3) is 0.923. The average Bonchev–Trinajstić information content (AvgIpc) is 2.84. The largest absolute Gasteiger partial charge is 0.389 e. The van der Waals surface area contributed by atoms with Crippen LogP contribution in [-0.2, 0) is 14.4 Å². The molecule has 3 fully saturated rings. The van der Waals surface area contributed by atoms with E-state index in [0.29, 0.717) is 18.4 Å². The Kier molecular flexibility index (Phi) is 3.54. The van der Waals surface area contributed by atoms with E-state index in [9.17, 15) is 9.90 Å². The van der Waals surface area contributed by atoms with E-state index in [1.165, 1.54) is 5.06 Å². The minimum absolute atomic E-state index is 0.0662. The normalized spacial score (nSPS) is 40.6. The number of hydrogen-bond donors (Lipinski definition) is 1. The van der Waals surface area contributed by atoms with E-state index in [1.54, 1.807) is 0 Å². The van der Waals surface area contributed by atoms with Gasteiger partial charge in [0.15, 0.2) is 0 Å². The molecule has 2 saturated heterocycles. The minimum atomic E-state index is -0.520. The SMILES string of the molecule is O=C(C1CCC2COCCC2C1)N1C[C@H](O)CO1. The quantitative estimate of drug-likeness (QED) is 0.744. The van der Waals surface area contributed by atoms with Gasteiger partial charge in [0, 0.05) is 19.1 Å². The maximum Gasteiger partial charge on any atom is 0.249 e. The zero-order valence-electron chi connectivity index (χ0n) is 10.6. The van der Waals surface area contributed by atoms with Crippen LogP contribution in [0.2, 0.25) is 0 Å². The molecule has 2 heterocycles. The highest BCUT2D eigenvalue weighted by Crippen LogP contribution is 2.39. The first-order chi connectivity index (χ1) is 8.74. The van der Waals surface area contributed by atoms with E-state index in [1.807, 2.05) is 0 Å². The predicted molar refractivity (Wildman–Crippen MR) is 63.4 cm³/mol. The van der Waals surface area contributed by atoms with Crippen molar-refractivity contribution >= 4 is 5.91 Å². The summed E-state index contributed by atoms with van der Waals surface area (Å²) < 4.78 is 5.50. The van der Waals surface area contributed by atoms with Gasteiger partial charge in [0.25, 0.3) is 0 Å². The van der Waals surface area contributed by atoms with Crippen LogP contribution >= 0.6 is 0 Å². The van der Waals surface area contributed by atoms with Crippen molar-refractivity contribution < 1.29 is 19.5 Å². The van der Waals surface area contributed by atoms with Crippen LogP contribution in [-0.4, -0.2) is 48.5 Å². The number of carbonyl (C=O) groups excluding carboxylic acids is 1. The van der Waals surface area contributed by atoms with Gasteiger partial charge in [-0.15, -0.1) is 0 Å². The number of amides is 1. The van der Waals surface area contributed by atoms with Gasteiger partial charge in [-0.2, -0.15) is 0 Å². The van der Waals surface area contributed by atoms with Crippen molar-refractivity contribution in [3.8, 4) is 0 Å². The summed E-state index contributed by atoms with van der Waals surface area (Å²) in [5.74, 6) is 1.42. The van der Waals surface area contributed by atoms with Gasteiger partial charge in [0.05, 0.1) is 12.6 Å². The molecule has 0 radical (unpaired) electrons. The molecule has 102 valence electrons. The van der Waals surface area contributed by atoms with E-state index < -0.39 is 6.10 Å². The molecule has 0 aromatic heterocycles. The maximum atomic E-state index is 12.3. The zero-order valence-corrected chi connectivity index (χ0v) is 10.6. The van der Waals surface area contributed by atoms with Crippen LogP contribution in [0.5, 0.6) is 0 Å². The fourth-order valence-electron chi connectivity index (χ4n) is 3.42. The van der Waals surface area contributed by atoms with Gasteiger partial charge in [-0.25, -0.2) is 5.06 Å². The summed E-state index contributed by atoms with van der Waals surface area (Å²) >= 11 is 0. The molecule has 4 atom stereocenters. The Bertz CT molecular complexity index is 322. The van der Waals surface area contributed by atoms with Crippen LogP contribution in [0.15, 0.2) is 0 Å². The van der Waals surface area contributed by atoms with Crippen LogP contribution in [0, 0.1) is 17.8 Å². The number of aliphatic hydroxyl groups is 1. The van der Waals surface area contributed by atoms with E-state index in [4.69, 9.17) is 9.57 Å². The lowest BCUT2D eigenvalue weighted by molar-refractivity contribution is -0.176. The lowest BCUT2D eigenvalue weighted by Gasteiger charge is -2.39. The average molecular weight is 255 g/mol. The number of ether oxygens (including phenoxy) is 1. The zero-order chi connectivity index (χ0) is 12.5. The van der Waals surface area contributed by atoms with Gasteiger partial charge in [0.1, 0.15) is 6.61 Å². The Morgan fingerprint density at radius 1 is 1.17 bits per heavy atom. The van der Waals surface area contributed by atoms with Gasteiger partial charge in [-0.3, -0.25) is 9.63 Å². The molecule has 0 bridgehead atoms. The first-order valence-electron chi connectivity index (χ1n) is 6.94. The molecule has 1 amide bonds. The van der Waals surface area contributed by atoms with Crippen molar-refractivity contribution in [3.63, 3.8) is 0 Å². The lowest BCUT2D eigenvalue weighted by atomic mass is 9.72. The van der Waals surface area contributed by atoms with Crippen LogP contribution in [0.25, 0.3) is 0 Å². The standard InChI is InChI=1S/C13H21NO4/c15-12-6-14(18-8-12)13(16)10-1-2-11-7-17-4-3-9(11)5-10/h9-12,15H,1-8H2/t9?,10?,11?,12-/m0/s1. The summed E-state index contributed by atoms with van der Waals surface area (Å²) in [4.78, 5) is 17.5. The van der Waals surface area contributed by atoms with E-state index in [-0.39, 0.29) is 18.4 Å². The summed E-state index contributed by atoms with van der Waals surface area (Å²) in [6, 6.07) is 0. The third-order valence-corrected chi connectivity index (χ3v) is 4.50. The van der Waals surface area contributed by atoms with Crippen LogP contribution < -0.4 is 0 Å². The Labute approximate surface area is 107 Å². The molecule has 1 N–H and O–H groups in total. The van der Waals surface area contributed by atoms with Crippen LogP contribution in [0.3, 0.4) is 0 Å². The van der Waals surface area contributed by atoms with E-state index in [0.717, 1.165) is 38.9 Å². The second kappa shape index (κ2) is 5.15. The summed E-state index contributed by atoms with van der Waals surface area (Å²) in [6.45, 7) is 2.27. The molecular formula is C13H21NO4. The number of β-amino-alcohol motifs (C(OH)–C–C–N with tert-alkyl or cyclic N) is 1. The third kappa shape index (κ3) is 2.39. The van der Waals surface area contributed by atoms with E-state index >= 15 is 0 Å². The second-order valence-corrected chi connectivity index (χ2v) is 5.74. The Morgan fingerprint density at radius 3 is 2.83 bits per heavy atom. The predicted octanol–water partition coefficient (Wildman–Crippen LogP) is 0.574. The second-order valence-electron chi connectivity index (χ2n) is 5.74. The molecular weight excluding hydrogens is 234 g/mol. The Morgan fingerprint density at radius 2 is 2.06 bits per heavy atom. The molecule has 3 unspecified atom stereocenters. The number of nitrogens with zero attached hydrogens (tertiary/aromatic N) is 1. The first-order valence-corrected chi connectivity index (χ1v) is 6.94. The van der Waals surface area contributed by atoms with Crippen molar-refractivity contribution in [1.29, 1.82) is 0 Å². The number of hydroxylamine groups is 2. The van der Waals surface area contributed by atoms with Gasteiger partial charge in [0.2, 0.25) is 5.91 Å². The van der Waals surface area contributed by atoms with Crippen molar-refractivity contribution in [2.45, 2.75) is 31.8 Å². The van der Waals surface area contributed by atoms with Gasteiger partial charge in [-0.05, 0) is 37.5 Å². The number of carbonyl (C=O) groups is 1. The van der Waals surface area contributed by atoms with Crippen LogP contribution in [0.1, 0.15) is 25.7 Å². The molecule has 0 spiro atoms. The number of aliphatic hydroxyl groups excluding tert-OH is 1. The highest BCUT2D eigenvalue weighted by Gasteiger charge is 2.38. The lowest BCUT2D eigenvalue weighted by Crippen LogP contribution is -2.40. The molecule has 2 aliphatic heterocycles. The van der Waals surface area contributed by atoms with Crippen molar-refractivity contribution in [3.05, 3.63) is 0 Å². The number of rotatable bonds is 1. The molecule has 1 saturated carbocycles. The monoisotopic (exact) mass is 255 g/mol. The Hall–Kier alpha value is -0.650. The summed E-state index contributed by atoms with van der Waals surface area (Å²) in [6.07, 6.45) is 3.53. The van der Waals surface area contributed by atoms with Gasteiger partial charge >= 0.3 is 0 Å². The molecule has 0 aromatic rings. The number of fused-ring (bicyclic) bond motifs is 1. The topological polar surface area (TPSA) is 59.0 Å². The molecule has 5 nitrogen and oxygen atoms in total. The summed E-state index contributed by atoms with van der Waals surface area (Å²) in [7, 11) is 0. The van der Waals surface area contributed by atoms with Crippen molar-refractivity contribution in [1.82, 2.24) is 5.06 Å². The van der Waals surface area contributed by atoms with Gasteiger partial charge < -0.3 is 9.84 Å². The van der Waals surface area contributed by atoms with Crippen molar-refractivity contribution in [2.24, 2.45) is 17.8 Å². The Balaban J connectivity index is 1.58. The van der Waals surface area contributed by atoms with Gasteiger partial charge in [-0.1, -0.05) is 0 Å².